The lowest BCUT2D eigenvalue weighted by atomic mass is 9.84. The molecule has 1 saturated heterocycles. The Hall–Kier alpha value is -4.33. The van der Waals surface area contributed by atoms with Gasteiger partial charge in [-0.25, -0.2) is 14.6 Å². The van der Waals surface area contributed by atoms with Crippen LogP contribution in [0.4, 0.5) is 0 Å². The molecule has 202 valence electrons. The number of fused-ring (bicyclic) bond motifs is 2. The molecule has 0 radical (unpaired) electrons. The molecule has 1 saturated carbocycles. The Bertz CT molecular complexity index is 1750. The number of nitrogens with zero attached hydrogens (tertiary/aromatic N) is 6. The Balaban J connectivity index is 1.11. The first-order valence-electron chi connectivity index (χ1n) is 14.3. The molecule has 0 unspecified atom stereocenters. The minimum Gasteiger partial charge on any atom is -0.341 e. The molecule has 4 heterocycles. The van der Waals surface area contributed by atoms with Crippen molar-refractivity contribution >= 4 is 27.8 Å². The third kappa shape index (κ3) is 4.47. The maximum atomic E-state index is 13.5. The van der Waals surface area contributed by atoms with E-state index in [1.807, 2.05) is 65.7 Å². The van der Waals surface area contributed by atoms with Crippen LogP contribution in [0.25, 0.3) is 21.9 Å². The third-order valence-corrected chi connectivity index (χ3v) is 8.57. The van der Waals surface area contributed by atoms with Crippen molar-refractivity contribution in [2.24, 2.45) is 0 Å². The van der Waals surface area contributed by atoms with Gasteiger partial charge in [-0.15, -0.1) is 0 Å². The molecule has 40 heavy (non-hydrogen) atoms. The van der Waals surface area contributed by atoms with Crippen LogP contribution >= 0.6 is 0 Å². The molecule has 2 aliphatic rings. The van der Waals surface area contributed by atoms with Crippen molar-refractivity contribution in [1.29, 1.82) is 0 Å². The van der Waals surface area contributed by atoms with Gasteiger partial charge in [-0.2, -0.15) is 5.10 Å². The Morgan fingerprint density at radius 1 is 0.875 bits per heavy atom. The molecular weight excluding hydrogens is 500 g/mol. The zero-order chi connectivity index (χ0) is 27.1. The van der Waals surface area contributed by atoms with E-state index in [0.717, 1.165) is 46.5 Å². The topological polar surface area (TPSA) is 85.9 Å². The average Bonchev–Trinajstić information content (AvgIpc) is 3.34. The monoisotopic (exact) mass is 532 g/mol. The number of rotatable bonds is 6. The lowest BCUT2D eigenvalue weighted by molar-refractivity contribution is -0.133. The van der Waals surface area contributed by atoms with Crippen molar-refractivity contribution in [1.82, 2.24) is 29.2 Å². The van der Waals surface area contributed by atoms with Crippen LogP contribution in [0.2, 0.25) is 0 Å². The number of piperidine rings is 1. The second-order valence-corrected chi connectivity index (χ2v) is 11.0. The fourth-order valence-electron chi connectivity index (χ4n) is 6.20. The summed E-state index contributed by atoms with van der Waals surface area (Å²) in [6, 6.07) is 21.9. The van der Waals surface area contributed by atoms with E-state index in [4.69, 9.17) is 10.1 Å². The van der Waals surface area contributed by atoms with E-state index in [-0.39, 0.29) is 24.1 Å². The fourth-order valence-corrected chi connectivity index (χ4v) is 6.20. The van der Waals surface area contributed by atoms with Crippen molar-refractivity contribution in [3.05, 3.63) is 100 Å². The number of aromatic nitrogens is 5. The van der Waals surface area contributed by atoms with Gasteiger partial charge >= 0.3 is 0 Å². The van der Waals surface area contributed by atoms with Crippen molar-refractivity contribution < 1.29 is 4.79 Å². The molecular formula is C32H32N6O2. The normalized spacial score (nSPS) is 16.4. The maximum absolute atomic E-state index is 13.5. The smallest absolute Gasteiger partial charge is 0.275 e. The summed E-state index contributed by atoms with van der Waals surface area (Å²) in [5, 5.41) is 6.14. The molecule has 3 aromatic heterocycles. The van der Waals surface area contributed by atoms with Crippen LogP contribution in [0, 0.1) is 0 Å². The average molecular weight is 533 g/mol. The zero-order valence-corrected chi connectivity index (χ0v) is 22.4. The van der Waals surface area contributed by atoms with Crippen molar-refractivity contribution in [2.75, 3.05) is 13.1 Å². The summed E-state index contributed by atoms with van der Waals surface area (Å²) in [4.78, 5) is 38.3. The van der Waals surface area contributed by atoms with E-state index in [1.165, 1.54) is 23.9 Å². The Morgan fingerprint density at radius 3 is 2.38 bits per heavy atom. The number of carbonyl (C=O) groups excluding carboxylic acids is 1. The van der Waals surface area contributed by atoms with Crippen LogP contribution in [0.15, 0.2) is 77.7 Å². The van der Waals surface area contributed by atoms with E-state index >= 15 is 0 Å². The van der Waals surface area contributed by atoms with Crippen LogP contribution in [0.5, 0.6) is 0 Å². The second kappa shape index (κ2) is 10.3. The molecule has 2 aromatic carbocycles. The van der Waals surface area contributed by atoms with Gasteiger partial charge in [-0.3, -0.25) is 9.59 Å². The SMILES string of the molecule is O=C(Cn1nc(Cc2ccccc2)c2ccccc2c1=O)N1CCC(n2c(C3CCC3)nc3cccnc32)CC1. The first kappa shape index (κ1) is 24.7. The highest BCUT2D eigenvalue weighted by Crippen LogP contribution is 2.39. The predicted molar refractivity (Wildman–Crippen MR) is 154 cm³/mol. The molecule has 1 aliphatic heterocycles. The van der Waals surface area contributed by atoms with E-state index in [0.29, 0.717) is 30.8 Å². The van der Waals surface area contributed by atoms with Crippen molar-refractivity contribution in [3.8, 4) is 0 Å². The highest BCUT2D eigenvalue weighted by molar-refractivity contribution is 5.84. The summed E-state index contributed by atoms with van der Waals surface area (Å²) in [5.41, 5.74) is 3.59. The van der Waals surface area contributed by atoms with Gasteiger partial charge in [0.05, 0.1) is 11.1 Å². The van der Waals surface area contributed by atoms with Gasteiger partial charge < -0.3 is 9.47 Å². The fraction of sp³-hybridized carbons (Fsp3) is 0.344. The molecule has 5 aromatic rings. The number of benzene rings is 2. The minimum atomic E-state index is -0.225. The molecule has 8 nitrogen and oxygen atoms in total. The lowest BCUT2D eigenvalue weighted by Crippen LogP contribution is -2.42. The van der Waals surface area contributed by atoms with Gasteiger partial charge in [0.1, 0.15) is 17.9 Å². The number of hydrogen-bond acceptors (Lipinski definition) is 5. The van der Waals surface area contributed by atoms with Crippen LogP contribution in [-0.2, 0) is 17.8 Å². The number of pyridine rings is 1. The number of hydrogen-bond donors (Lipinski definition) is 0. The van der Waals surface area contributed by atoms with Crippen LogP contribution < -0.4 is 5.56 Å². The number of imidazole rings is 1. The van der Waals surface area contributed by atoms with Crippen molar-refractivity contribution in [3.63, 3.8) is 0 Å². The molecule has 0 atom stereocenters. The summed E-state index contributed by atoms with van der Waals surface area (Å²) >= 11 is 0. The molecule has 0 spiro atoms. The number of amides is 1. The molecule has 1 amide bonds. The molecule has 7 rings (SSSR count). The molecule has 0 N–H and O–H groups in total. The second-order valence-electron chi connectivity index (χ2n) is 11.0. The van der Waals surface area contributed by atoms with E-state index in [1.54, 1.807) is 0 Å². The summed E-state index contributed by atoms with van der Waals surface area (Å²) in [7, 11) is 0. The summed E-state index contributed by atoms with van der Waals surface area (Å²) in [5.74, 6) is 1.59. The molecule has 2 fully saturated rings. The summed E-state index contributed by atoms with van der Waals surface area (Å²) in [6.07, 6.45) is 7.73. The van der Waals surface area contributed by atoms with E-state index in [9.17, 15) is 9.59 Å². The van der Waals surface area contributed by atoms with Crippen LogP contribution in [0.3, 0.4) is 0 Å². The quantitative estimate of drug-likeness (QED) is 0.312. The predicted octanol–water partition coefficient (Wildman–Crippen LogP) is 4.86. The lowest BCUT2D eigenvalue weighted by Gasteiger charge is -2.35. The molecule has 1 aliphatic carbocycles. The Kier molecular flexibility index (Phi) is 6.38. The summed E-state index contributed by atoms with van der Waals surface area (Å²) in [6.45, 7) is 1.22. The third-order valence-electron chi connectivity index (χ3n) is 8.57. The van der Waals surface area contributed by atoms with Gasteiger partial charge in [0, 0.05) is 43.1 Å². The highest BCUT2D eigenvalue weighted by atomic mass is 16.2. The largest absolute Gasteiger partial charge is 0.341 e. The van der Waals surface area contributed by atoms with Gasteiger partial charge in [0.25, 0.3) is 5.56 Å². The number of likely N-dealkylation sites (tertiary alicyclic amines) is 1. The first-order chi connectivity index (χ1) is 19.7. The first-order valence-corrected chi connectivity index (χ1v) is 14.3. The minimum absolute atomic E-state index is 0.0565. The van der Waals surface area contributed by atoms with E-state index < -0.39 is 0 Å². The standard InChI is InChI=1S/C32H32N6O2/c39-29(21-37-32(40)26-13-5-4-12-25(26)28(35-37)20-22-8-2-1-3-9-22)36-18-15-24(16-19-36)38-30(23-10-6-11-23)34-27-14-7-17-33-31(27)38/h1-5,7-9,12-14,17,23-24H,6,10-11,15-16,18-21H2. The Morgan fingerprint density at radius 2 is 1.62 bits per heavy atom. The van der Waals surface area contributed by atoms with E-state index in [2.05, 4.69) is 21.7 Å². The zero-order valence-electron chi connectivity index (χ0n) is 22.4. The highest BCUT2D eigenvalue weighted by Gasteiger charge is 2.32. The number of carbonyl (C=O) groups is 1. The van der Waals surface area contributed by atoms with Crippen LogP contribution in [-0.4, -0.2) is 48.2 Å². The van der Waals surface area contributed by atoms with Crippen molar-refractivity contribution in [2.45, 2.75) is 57.0 Å². The molecule has 8 heteroatoms. The Labute approximate surface area is 232 Å². The van der Waals surface area contributed by atoms with Crippen LogP contribution in [0.1, 0.15) is 61.1 Å². The summed E-state index contributed by atoms with van der Waals surface area (Å²) < 4.78 is 3.71. The van der Waals surface area contributed by atoms with Gasteiger partial charge in [-0.1, -0.05) is 55.0 Å². The maximum Gasteiger partial charge on any atom is 0.275 e. The van der Waals surface area contributed by atoms with Gasteiger partial charge in [-0.05, 0) is 49.4 Å². The molecule has 0 bridgehead atoms. The van der Waals surface area contributed by atoms with Gasteiger partial charge in [0.2, 0.25) is 5.91 Å². The van der Waals surface area contributed by atoms with Gasteiger partial charge in [0.15, 0.2) is 5.65 Å².